The molecule has 0 bridgehead atoms. The minimum absolute atomic E-state index is 0. The van der Waals surface area contributed by atoms with E-state index in [1.807, 2.05) is 12.1 Å². The number of pyridine rings is 1. The summed E-state index contributed by atoms with van der Waals surface area (Å²) < 4.78 is 0. The largest absolute Gasteiger partial charge is 0.396 e. The lowest BCUT2D eigenvalue weighted by atomic mass is 10.3. The lowest BCUT2D eigenvalue weighted by Gasteiger charge is -2.29. The Morgan fingerprint density at radius 1 is 1.36 bits per heavy atom. The predicted octanol–water partition coefficient (Wildman–Crippen LogP) is 0.495. The van der Waals surface area contributed by atoms with Gasteiger partial charge in [0, 0.05) is 32.4 Å². The molecule has 1 aromatic heterocycles. The molecule has 3 N–H and O–H groups in total. The molecule has 14 heavy (non-hydrogen) atoms. The van der Waals surface area contributed by atoms with E-state index in [0.29, 0.717) is 0 Å². The zero-order valence-corrected chi connectivity index (χ0v) is 8.76. The second-order valence-corrected chi connectivity index (χ2v) is 3.15. The molecule has 78 valence electrons. The summed E-state index contributed by atoms with van der Waals surface area (Å²) in [4.78, 5) is 6.49. The van der Waals surface area contributed by atoms with Crippen molar-refractivity contribution in [3.63, 3.8) is 0 Å². The number of piperazine rings is 1. The third-order valence-corrected chi connectivity index (χ3v) is 2.23. The molecule has 1 fully saturated rings. The fourth-order valence-corrected chi connectivity index (χ4v) is 1.55. The van der Waals surface area contributed by atoms with Crippen LogP contribution >= 0.6 is 12.4 Å². The third kappa shape index (κ3) is 2.27. The van der Waals surface area contributed by atoms with Gasteiger partial charge in [0.05, 0.1) is 5.69 Å². The van der Waals surface area contributed by atoms with E-state index in [2.05, 4.69) is 15.2 Å². The average Bonchev–Trinajstić information content (AvgIpc) is 2.20. The molecule has 0 aromatic carbocycles. The van der Waals surface area contributed by atoms with Gasteiger partial charge in [-0.3, -0.25) is 0 Å². The lowest BCUT2D eigenvalue weighted by Crippen LogP contribution is -2.44. The Hall–Kier alpha value is -1.00. The van der Waals surface area contributed by atoms with Gasteiger partial charge in [-0.25, -0.2) is 4.98 Å². The highest BCUT2D eigenvalue weighted by Crippen LogP contribution is 2.18. The molecule has 2 heterocycles. The molecule has 0 atom stereocenters. The van der Waals surface area contributed by atoms with Crippen molar-refractivity contribution >= 4 is 23.9 Å². The van der Waals surface area contributed by atoms with Gasteiger partial charge in [-0.15, -0.1) is 12.4 Å². The van der Waals surface area contributed by atoms with Gasteiger partial charge in [0.25, 0.3) is 0 Å². The SMILES string of the molecule is Cl.Nc1cccnc1N1CCNCC1. The quantitative estimate of drug-likeness (QED) is 0.715. The highest BCUT2D eigenvalue weighted by Gasteiger charge is 2.12. The number of aromatic nitrogens is 1. The summed E-state index contributed by atoms with van der Waals surface area (Å²) in [5.41, 5.74) is 6.59. The highest BCUT2D eigenvalue weighted by molar-refractivity contribution is 5.85. The second kappa shape index (κ2) is 5.02. The zero-order valence-electron chi connectivity index (χ0n) is 7.94. The second-order valence-electron chi connectivity index (χ2n) is 3.15. The number of nitrogens with one attached hydrogen (secondary N) is 1. The summed E-state index contributed by atoms with van der Waals surface area (Å²) in [6, 6.07) is 3.76. The average molecular weight is 215 g/mol. The fourth-order valence-electron chi connectivity index (χ4n) is 1.55. The van der Waals surface area contributed by atoms with Crippen LogP contribution in [0.15, 0.2) is 18.3 Å². The topological polar surface area (TPSA) is 54.2 Å². The van der Waals surface area contributed by atoms with Gasteiger partial charge in [0.1, 0.15) is 0 Å². The number of rotatable bonds is 1. The van der Waals surface area contributed by atoms with Gasteiger partial charge in [-0.1, -0.05) is 0 Å². The van der Waals surface area contributed by atoms with Crippen LogP contribution in [0.25, 0.3) is 0 Å². The summed E-state index contributed by atoms with van der Waals surface area (Å²) in [5, 5.41) is 3.29. The van der Waals surface area contributed by atoms with Crippen molar-refractivity contribution in [1.82, 2.24) is 10.3 Å². The Balaban J connectivity index is 0.000000980. The van der Waals surface area contributed by atoms with Gasteiger partial charge in [0.2, 0.25) is 0 Å². The first-order valence-electron chi connectivity index (χ1n) is 4.54. The smallest absolute Gasteiger partial charge is 0.151 e. The van der Waals surface area contributed by atoms with Crippen LogP contribution in [0.1, 0.15) is 0 Å². The van der Waals surface area contributed by atoms with Crippen molar-refractivity contribution in [1.29, 1.82) is 0 Å². The van der Waals surface area contributed by atoms with Crippen LogP contribution in [0.4, 0.5) is 11.5 Å². The molecule has 1 aromatic rings. The standard InChI is InChI=1S/C9H14N4.ClH/c10-8-2-1-3-12-9(8)13-6-4-11-5-7-13;/h1-3,11H,4-7,10H2;1H. The van der Waals surface area contributed by atoms with E-state index in [1.165, 1.54) is 0 Å². The Labute approximate surface area is 89.9 Å². The monoisotopic (exact) mass is 214 g/mol. The molecule has 2 rings (SSSR count). The summed E-state index contributed by atoms with van der Waals surface area (Å²) in [7, 11) is 0. The van der Waals surface area contributed by atoms with Crippen LogP contribution in [0.2, 0.25) is 0 Å². The zero-order chi connectivity index (χ0) is 9.10. The Kier molecular flexibility index (Phi) is 3.98. The predicted molar refractivity (Wildman–Crippen MR) is 61.0 cm³/mol. The Bertz CT molecular complexity index is 286. The van der Waals surface area contributed by atoms with Crippen molar-refractivity contribution in [2.75, 3.05) is 36.8 Å². The first kappa shape index (κ1) is 11.1. The summed E-state index contributed by atoms with van der Waals surface area (Å²) in [5.74, 6) is 0.920. The number of nitrogen functional groups attached to an aromatic ring is 1. The molecule has 1 aliphatic heterocycles. The van der Waals surface area contributed by atoms with Crippen molar-refractivity contribution in [3.8, 4) is 0 Å². The van der Waals surface area contributed by atoms with Gasteiger partial charge < -0.3 is 16.0 Å². The number of nitrogens with zero attached hydrogens (tertiary/aromatic N) is 2. The molecule has 0 amide bonds. The van der Waals surface area contributed by atoms with Crippen LogP contribution in [0.3, 0.4) is 0 Å². The third-order valence-electron chi connectivity index (χ3n) is 2.23. The summed E-state index contributed by atoms with van der Waals surface area (Å²) >= 11 is 0. The lowest BCUT2D eigenvalue weighted by molar-refractivity contribution is 0.585. The van der Waals surface area contributed by atoms with E-state index in [0.717, 1.165) is 37.7 Å². The van der Waals surface area contributed by atoms with Crippen molar-refractivity contribution in [2.45, 2.75) is 0 Å². The number of anilines is 2. The molecule has 1 aliphatic rings. The summed E-state index contributed by atoms with van der Waals surface area (Å²) in [6.45, 7) is 3.99. The molecule has 0 aliphatic carbocycles. The maximum atomic E-state index is 5.83. The van der Waals surface area contributed by atoms with Crippen LogP contribution < -0.4 is 16.0 Å². The Morgan fingerprint density at radius 2 is 2.07 bits per heavy atom. The van der Waals surface area contributed by atoms with Crippen molar-refractivity contribution in [3.05, 3.63) is 18.3 Å². The van der Waals surface area contributed by atoms with Crippen molar-refractivity contribution in [2.24, 2.45) is 0 Å². The van der Waals surface area contributed by atoms with Gasteiger partial charge in [-0.2, -0.15) is 0 Å². The van der Waals surface area contributed by atoms with Gasteiger partial charge in [-0.05, 0) is 12.1 Å². The molecule has 0 radical (unpaired) electrons. The van der Waals surface area contributed by atoms with Crippen LogP contribution in [-0.2, 0) is 0 Å². The van der Waals surface area contributed by atoms with Crippen LogP contribution in [0.5, 0.6) is 0 Å². The number of hydrogen-bond acceptors (Lipinski definition) is 4. The number of halogens is 1. The van der Waals surface area contributed by atoms with Crippen molar-refractivity contribution < 1.29 is 0 Å². The summed E-state index contributed by atoms with van der Waals surface area (Å²) in [6.07, 6.45) is 1.79. The van der Waals surface area contributed by atoms with Gasteiger partial charge in [0.15, 0.2) is 5.82 Å². The number of nitrogens with two attached hydrogens (primary N) is 1. The molecular formula is C9H15ClN4. The fraction of sp³-hybridized carbons (Fsp3) is 0.444. The molecule has 1 saturated heterocycles. The van der Waals surface area contributed by atoms with Crippen LogP contribution in [0, 0.1) is 0 Å². The molecule has 4 nitrogen and oxygen atoms in total. The maximum Gasteiger partial charge on any atom is 0.151 e. The van der Waals surface area contributed by atoms with E-state index in [9.17, 15) is 0 Å². The molecule has 0 saturated carbocycles. The molecule has 0 spiro atoms. The minimum atomic E-state index is 0. The van der Waals surface area contributed by atoms with Crippen LogP contribution in [-0.4, -0.2) is 31.2 Å². The van der Waals surface area contributed by atoms with E-state index < -0.39 is 0 Å². The van der Waals surface area contributed by atoms with E-state index in [1.54, 1.807) is 6.20 Å². The normalized spacial score (nSPS) is 16.1. The maximum absolute atomic E-state index is 5.83. The van der Waals surface area contributed by atoms with E-state index >= 15 is 0 Å². The molecule has 0 unspecified atom stereocenters. The first-order valence-corrected chi connectivity index (χ1v) is 4.54. The minimum Gasteiger partial charge on any atom is -0.396 e. The van der Waals surface area contributed by atoms with Gasteiger partial charge >= 0.3 is 0 Å². The number of hydrogen-bond donors (Lipinski definition) is 2. The molecule has 5 heteroatoms. The highest BCUT2D eigenvalue weighted by atomic mass is 35.5. The first-order chi connectivity index (χ1) is 6.38. The van der Waals surface area contributed by atoms with E-state index in [-0.39, 0.29) is 12.4 Å². The molecular weight excluding hydrogens is 200 g/mol. The van der Waals surface area contributed by atoms with E-state index in [4.69, 9.17) is 5.73 Å². The Morgan fingerprint density at radius 3 is 2.71 bits per heavy atom.